The number of hydrogen-bond acceptors (Lipinski definition) is 8. The standard InChI is InChI=1S/C22H13N3O6S2/c26-21-20(32-22-23-18-6-1-2-7-19(18)24(21)22)12-14-8-10-16(11-9-14)31-33(29,30)17-5-3-4-15(13-17)25(27)28/h1-13H/b20-12+. The summed E-state index contributed by atoms with van der Waals surface area (Å²) in [5.74, 6) is 0.0352. The first-order chi connectivity index (χ1) is 15.8. The van der Waals surface area contributed by atoms with Crippen molar-refractivity contribution in [3.05, 3.63) is 103 Å². The van der Waals surface area contributed by atoms with E-state index in [4.69, 9.17) is 4.18 Å². The Bertz CT molecular complexity index is 1760. The molecule has 9 nitrogen and oxygen atoms in total. The predicted octanol–water partition coefficient (Wildman–Crippen LogP) is 3.13. The molecule has 0 unspecified atom stereocenters. The van der Waals surface area contributed by atoms with Gasteiger partial charge in [-0.1, -0.05) is 41.7 Å². The predicted molar refractivity (Wildman–Crippen MR) is 123 cm³/mol. The quantitative estimate of drug-likeness (QED) is 0.216. The smallest absolute Gasteiger partial charge is 0.339 e. The van der Waals surface area contributed by atoms with Gasteiger partial charge in [-0.25, -0.2) is 9.38 Å². The molecule has 0 saturated heterocycles. The number of para-hydroxylation sites is 2. The van der Waals surface area contributed by atoms with E-state index >= 15 is 0 Å². The highest BCUT2D eigenvalue weighted by Gasteiger charge is 2.20. The fraction of sp³-hybridized carbons (Fsp3) is 0. The molecule has 0 spiro atoms. The average Bonchev–Trinajstić information content (AvgIpc) is 3.31. The Kier molecular flexibility index (Phi) is 4.91. The highest BCUT2D eigenvalue weighted by molar-refractivity contribution is 7.87. The Morgan fingerprint density at radius 2 is 1.79 bits per heavy atom. The van der Waals surface area contributed by atoms with Crippen LogP contribution in [-0.4, -0.2) is 22.7 Å². The summed E-state index contributed by atoms with van der Waals surface area (Å²) < 4.78 is 32.1. The van der Waals surface area contributed by atoms with E-state index in [-0.39, 0.29) is 21.9 Å². The average molecular weight is 479 g/mol. The molecule has 5 rings (SSSR count). The monoisotopic (exact) mass is 479 g/mol. The second kappa shape index (κ2) is 7.80. The zero-order valence-corrected chi connectivity index (χ0v) is 18.2. The molecular formula is C22H13N3O6S2. The van der Waals surface area contributed by atoms with Crippen molar-refractivity contribution in [3.8, 4) is 5.75 Å². The molecule has 2 aromatic heterocycles. The third kappa shape index (κ3) is 3.83. The van der Waals surface area contributed by atoms with Gasteiger partial charge in [0.05, 0.1) is 20.5 Å². The third-order valence-corrected chi connectivity index (χ3v) is 7.06. The largest absolute Gasteiger partial charge is 0.379 e. The molecule has 0 aliphatic heterocycles. The molecule has 0 amide bonds. The van der Waals surface area contributed by atoms with Gasteiger partial charge in [0.1, 0.15) is 10.6 Å². The number of imidazole rings is 1. The molecule has 33 heavy (non-hydrogen) atoms. The first-order valence-corrected chi connectivity index (χ1v) is 11.7. The van der Waals surface area contributed by atoms with Gasteiger partial charge in [0.2, 0.25) is 0 Å². The molecule has 11 heteroatoms. The van der Waals surface area contributed by atoms with Crippen LogP contribution in [0.25, 0.3) is 22.1 Å². The van der Waals surface area contributed by atoms with Crippen LogP contribution in [0.4, 0.5) is 5.69 Å². The normalized spacial score (nSPS) is 12.4. The lowest BCUT2D eigenvalue weighted by Gasteiger charge is -2.07. The Hall–Kier alpha value is -4.09. The summed E-state index contributed by atoms with van der Waals surface area (Å²) in [6.07, 6.45) is 1.69. The number of thiazole rings is 1. The summed E-state index contributed by atoms with van der Waals surface area (Å²) in [6, 6.07) is 18.1. The van der Waals surface area contributed by atoms with Crippen LogP contribution >= 0.6 is 11.3 Å². The molecule has 0 atom stereocenters. The number of non-ortho nitro benzene ring substituents is 1. The van der Waals surface area contributed by atoms with Crippen LogP contribution in [0.5, 0.6) is 5.75 Å². The van der Waals surface area contributed by atoms with Crippen molar-refractivity contribution >= 4 is 49.2 Å². The molecule has 0 N–H and O–H groups in total. The van der Waals surface area contributed by atoms with Crippen molar-refractivity contribution < 1.29 is 17.5 Å². The first-order valence-electron chi connectivity index (χ1n) is 9.52. The van der Waals surface area contributed by atoms with Gasteiger partial charge in [-0.3, -0.25) is 14.9 Å². The second-order valence-electron chi connectivity index (χ2n) is 7.00. The number of fused-ring (bicyclic) bond motifs is 3. The molecular weight excluding hydrogens is 466 g/mol. The van der Waals surface area contributed by atoms with Gasteiger partial charge in [-0.05, 0) is 42.0 Å². The van der Waals surface area contributed by atoms with Gasteiger partial charge in [0, 0.05) is 12.1 Å². The van der Waals surface area contributed by atoms with Gasteiger partial charge in [-0.15, -0.1) is 0 Å². The highest BCUT2D eigenvalue weighted by atomic mass is 32.2. The van der Waals surface area contributed by atoms with E-state index in [1.54, 1.807) is 22.6 Å². The fourth-order valence-electron chi connectivity index (χ4n) is 3.31. The van der Waals surface area contributed by atoms with Gasteiger partial charge < -0.3 is 4.18 Å². The van der Waals surface area contributed by atoms with Crippen molar-refractivity contribution in [2.24, 2.45) is 0 Å². The highest BCUT2D eigenvalue weighted by Crippen LogP contribution is 2.23. The summed E-state index contributed by atoms with van der Waals surface area (Å²) in [5, 5.41) is 10.9. The van der Waals surface area contributed by atoms with Crippen molar-refractivity contribution in [1.29, 1.82) is 0 Å². The fourth-order valence-corrected chi connectivity index (χ4v) is 5.27. The van der Waals surface area contributed by atoms with Crippen LogP contribution in [0.1, 0.15) is 5.56 Å². The minimum Gasteiger partial charge on any atom is -0.379 e. The van der Waals surface area contributed by atoms with Crippen LogP contribution < -0.4 is 14.3 Å². The van der Waals surface area contributed by atoms with Crippen LogP contribution in [0.3, 0.4) is 0 Å². The maximum absolute atomic E-state index is 12.8. The lowest BCUT2D eigenvalue weighted by molar-refractivity contribution is -0.385. The summed E-state index contributed by atoms with van der Waals surface area (Å²) in [4.78, 5) is 27.8. The van der Waals surface area contributed by atoms with Crippen molar-refractivity contribution in [1.82, 2.24) is 9.38 Å². The minimum absolute atomic E-state index is 0.0352. The molecule has 0 fully saturated rings. The lowest BCUT2D eigenvalue weighted by atomic mass is 10.2. The SMILES string of the molecule is O=c1/c(=C\c2ccc(OS(=O)(=O)c3cccc([N+](=O)[O-])c3)cc2)sc2nc3ccccc3n12. The third-order valence-electron chi connectivity index (χ3n) is 4.85. The Morgan fingerprint density at radius 3 is 2.55 bits per heavy atom. The maximum atomic E-state index is 12.8. The van der Waals surface area contributed by atoms with Crippen LogP contribution in [0, 0.1) is 10.1 Å². The van der Waals surface area contributed by atoms with E-state index in [9.17, 15) is 23.3 Å². The van der Waals surface area contributed by atoms with Gasteiger partial charge in [0.15, 0.2) is 4.96 Å². The Morgan fingerprint density at radius 1 is 1.03 bits per heavy atom. The van der Waals surface area contributed by atoms with E-state index in [0.29, 0.717) is 15.1 Å². The number of nitro groups is 1. The zero-order valence-electron chi connectivity index (χ0n) is 16.6. The first kappa shape index (κ1) is 20.8. The van der Waals surface area contributed by atoms with Crippen molar-refractivity contribution in [2.75, 3.05) is 0 Å². The van der Waals surface area contributed by atoms with Gasteiger partial charge >= 0.3 is 10.1 Å². The molecule has 0 bridgehead atoms. The molecule has 5 aromatic rings. The molecule has 3 aromatic carbocycles. The number of nitro benzene ring substituents is 1. The summed E-state index contributed by atoms with van der Waals surface area (Å²) >= 11 is 1.26. The minimum atomic E-state index is -4.25. The summed E-state index contributed by atoms with van der Waals surface area (Å²) in [7, 11) is -4.25. The molecule has 0 radical (unpaired) electrons. The van der Waals surface area contributed by atoms with Crippen LogP contribution in [0.2, 0.25) is 0 Å². The van der Waals surface area contributed by atoms with E-state index in [1.807, 2.05) is 24.3 Å². The van der Waals surface area contributed by atoms with Crippen molar-refractivity contribution in [3.63, 3.8) is 0 Å². The van der Waals surface area contributed by atoms with Gasteiger partial charge in [-0.2, -0.15) is 8.42 Å². The zero-order chi connectivity index (χ0) is 23.2. The van der Waals surface area contributed by atoms with Crippen molar-refractivity contribution in [2.45, 2.75) is 4.90 Å². The van der Waals surface area contributed by atoms with E-state index in [2.05, 4.69) is 4.98 Å². The van der Waals surface area contributed by atoms with E-state index in [1.165, 1.54) is 41.7 Å². The number of rotatable bonds is 5. The number of aromatic nitrogens is 2. The van der Waals surface area contributed by atoms with Gasteiger partial charge in [0.25, 0.3) is 11.2 Å². The topological polar surface area (TPSA) is 121 Å². The summed E-state index contributed by atoms with van der Waals surface area (Å²) in [6.45, 7) is 0. The number of benzene rings is 3. The summed E-state index contributed by atoms with van der Waals surface area (Å²) in [5.41, 5.74) is 1.62. The second-order valence-corrected chi connectivity index (χ2v) is 9.55. The van der Waals surface area contributed by atoms with E-state index in [0.717, 1.165) is 17.1 Å². The maximum Gasteiger partial charge on any atom is 0.339 e. The molecule has 0 aliphatic carbocycles. The molecule has 0 saturated carbocycles. The van der Waals surface area contributed by atoms with E-state index < -0.39 is 15.0 Å². The molecule has 2 heterocycles. The number of nitrogens with zero attached hydrogens (tertiary/aromatic N) is 3. The molecule has 164 valence electrons. The lowest BCUT2D eigenvalue weighted by Crippen LogP contribution is -2.22. The Labute approximate surface area is 190 Å². The van der Waals surface area contributed by atoms with Crippen LogP contribution in [-0.2, 0) is 10.1 Å². The number of hydrogen-bond donors (Lipinski definition) is 0. The molecule has 0 aliphatic rings. The Balaban J connectivity index is 1.44. The van der Waals surface area contributed by atoms with Crippen LogP contribution in [0.15, 0.2) is 82.5 Å².